The first-order valence-corrected chi connectivity index (χ1v) is 6.79. The SMILES string of the molecule is C.C#CC.CC#C[Si](C)(C)C. The van der Waals surface area contributed by atoms with Gasteiger partial charge in [0.25, 0.3) is 0 Å². The Bertz CT molecular complexity index is 156. The van der Waals surface area contributed by atoms with E-state index in [1.165, 1.54) is 0 Å². The van der Waals surface area contributed by atoms with Crippen LogP contribution in [0.1, 0.15) is 21.3 Å². The molecule has 0 unspecified atom stereocenters. The molecule has 0 aromatic carbocycles. The molecule has 0 saturated heterocycles. The largest absolute Gasteiger partial charge is 0.132 e. The molecule has 0 N–H and O–H groups in total. The molecule has 0 aliphatic heterocycles. The average Bonchev–Trinajstić information content (AvgIpc) is 1.63. The van der Waals surface area contributed by atoms with Crippen molar-refractivity contribution in [3.63, 3.8) is 0 Å². The van der Waals surface area contributed by atoms with Crippen LogP contribution in [0.5, 0.6) is 0 Å². The molecule has 1 heteroatoms. The summed E-state index contributed by atoms with van der Waals surface area (Å²) < 4.78 is 0. The summed E-state index contributed by atoms with van der Waals surface area (Å²) in [5.41, 5.74) is 3.17. The van der Waals surface area contributed by atoms with Gasteiger partial charge in [-0.3, -0.25) is 0 Å². The van der Waals surface area contributed by atoms with Gasteiger partial charge in [0.05, 0.1) is 0 Å². The fraction of sp³-hybridized carbons (Fsp3) is 0.600. The van der Waals surface area contributed by atoms with Gasteiger partial charge in [-0.2, -0.15) is 0 Å². The maximum absolute atomic E-state index is 4.60. The standard InChI is InChI=1S/C6H12Si.C3H4.CH4/c1-5-6-7(2,3)4;1-3-2;/h1-4H3;1H,2H3;1H4. The summed E-state index contributed by atoms with van der Waals surface area (Å²) in [6, 6.07) is 0. The zero-order chi connectivity index (χ0) is 8.62. The van der Waals surface area contributed by atoms with E-state index in [2.05, 4.69) is 43.4 Å². The second-order valence-corrected chi connectivity index (χ2v) is 7.66. The predicted octanol–water partition coefficient (Wildman–Crippen LogP) is 3.16. The summed E-state index contributed by atoms with van der Waals surface area (Å²) >= 11 is 0. The Morgan fingerprint density at radius 1 is 1.09 bits per heavy atom. The van der Waals surface area contributed by atoms with Crippen LogP contribution in [0.25, 0.3) is 0 Å². The highest BCUT2D eigenvalue weighted by molar-refractivity contribution is 6.83. The smallest absolute Gasteiger partial charge is 0.129 e. The van der Waals surface area contributed by atoms with E-state index in [0.717, 1.165) is 0 Å². The molecule has 0 rings (SSSR count). The minimum absolute atomic E-state index is 0. The first kappa shape index (κ1) is 16.7. The van der Waals surface area contributed by atoms with Crippen LogP contribution in [0.15, 0.2) is 0 Å². The Labute approximate surface area is 73.4 Å². The molecule has 64 valence electrons. The van der Waals surface area contributed by atoms with Gasteiger partial charge < -0.3 is 0 Å². The van der Waals surface area contributed by atoms with E-state index < -0.39 is 8.07 Å². The lowest BCUT2D eigenvalue weighted by molar-refractivity contribution is 1.80. The molecule has 0 atom stereocenters. The summed E-state index contributed by atoms with van der Waals surface area (Å²) in [7, 11) is -1.02. The lowest BCUT2D eigenvalue weighted by atomic mass is 10.8. The van der Waals surface area contributed by atoms with Gasteiger partial charge >= 0.3 is 0 Å². The van der Waals surface area contributed by atoms with E-state index in [4.69, 9.17) is 0 Å². The molecule has 0 amide bonds. The minimum Gasteiger partial charge on any atom is -0.132 e. The lowest BCUT2D eigenvalue weighted by Gasteiger charge is -2.01. The molecular formula is C10H20Si. The van der Waals surface area contributed by atoms with Crippen molar-refractivity contribution in [3.8, 4) is 23.8 Å². The van der Waals surface area contributed by atoms with Crippen LogP contribution in [0.3, 0.4) is 0 Å². The van der Waals surface area contributed by atoms with Crippen molar-refractivity contribution in [1.82, 2.24) is 0 Å². The molecule has 0 aliphatic rings. The van der Waals surface area contributed by atoms with Crippen molar-refractivity contribution >= 4 is 8.07 Å². The molecule has 0 saturated carbocycles. The third-order valence-electron chi connectivity index (χ3n) is 0.500. The molecule has 0 radical (unpaired) electrons. The minimum atomic E-state index is -1.02. The van der Waals surface area contributed by atoms with Crippen molar-refractivity contribution in [2.75, 3.05) is 0 Å². The highest BCUT2D eigenvalue weighted by atomic mass is 28.3. The second kappa shape index (κ2) is 9.34. The Balaban J connectivity index is -0.000000140. The van der Waals surface area contributed by atoms with Crippen LogP contribution in [0.4, 0.5) is 0 Å². The van der Waals surface area contributed by atoms with Crippen LogP contribution < -0.4 is 0 Å². The Morgan fingerprint density at radius 2 is 1.36 bits per heavy atom. The molecule has 0 bridgehead atoms. The Hall–Kier alpha value is -0.663. The number of rotatable bonds is 0. The number of terminal acetylenes is 1. The van der Waals surface area contributed by atoms with Crippen molar-refractivity contribution in [2.45, 2.75) is 40.9 Å². The molecular weight excluding hydrogens is 148 g/mol. The highest BCUT2D eigenvalue weighted by Gasteiger charge is 2.06. The van der Waals surface area contributed by atoms with E-state index >= 15 is 0 Å². The highest BCUT2D eigenvalue weighted by Crippen LogP contribution is 1.95. The first-order chi connectivity index (χ1) is 4.47. The van der Waals surface area contributed by atoms with Crippen molar-refractivity contribution < 1.29 is 0 Å². The van der Waals surface area contributed by atoms with Crippen LogP contribution in [0, 0.1) is 23.8 Å². The van der Waals surface area contributed by atoms with Gasteiger partial charge in [0.1, 0.15) is 8.07 Å². The van der Waals surface area contributed by atoms with Crippen molar-refractivity contribution in [2.24, 2.45) is 0 Å². The molecule has 0 aromatic rings. The van der Waals surface area contributed by atoms with E-state index in [9.17, 15) is 0 Å². The normalized spacial score (nSPS) is 6.91. The summed E-state index contributed by atoms with van der Waals surface area (Å²) in [5.74, 6) is 5.17. The van der Waals surface area contributed by atoms with Gasteiger partial charge in [-0.1, -0.05) is 27.1 Å². The number of hydrogen-bond donors (Lipinski definition) is 0. The Morgan fingerprint density at radius 3 is 1.36 bits per heavy atom. The van der Waals surface area contributed by atoms with E-state index in [1.807, 2.05) is 6.92 Å². The number of hydrogen-bond acceptors (Lipinski definition) is 0. The van der Waals surface area contributed by atoms with Gasteiger partial charge in [-0.15, -0.1) is 23.8 Å². The van der Waals surface area contributed by atoms with Crippen molar-refractivity contribution in [3.05, 3.63) is 0 Å². The summed E-state index contributed by atoms with van der Waals surface area (Å²) in [6.45, 7) is 10.3. The molecule has 0 nitrogen and oxygen atoms in total. The molecule has 0 heterocycles. The third-order valence-corrected chi connectivity index (χ3v) is 1.50. The van der Waals surface area contributed by atoms with Gasteiger partial charge in [-0.05, 0) is 13.8 Å². The first-order valence-electron chi connectivity index (χ1n) is 3.29. The maximum atomic E-state index is 4.60. The fourth-order valence-electron chi connectivity index (χ4n) is 0.375. The van der Waals surface area contributed by atoms with Gasteiger partial charge in [0.15, 0.2) is 0 Å². The van der Waals surface area contributed by atoms with Crippen LogP contribution in [-0.4, -0.2) is 8.07 Å². The molecule has 0 fully saturated rings. The van der Waals surface area contributed by atoms with E-state index in [1.54, 1.807) is 6.92 Å². The average molecular weight is 168 g/mol. The summed E-state index contributed by atoms with van der Waals surface area (Å²) in [4.78, 5) is 0. The lowest BCUT2D eigenvalue weighted by Crippen LogP contribution is -2.15. The molecule has 0 aromatic heterocycles. The topological polar surface area (TPSA) is 0 Å². The molecule has 0 spiro atoms. The summed E-state index contributed by atoms with van der Waals surface area (Å²) in [5, 5.41) is 0. The van der Waals surface area contributed by atoms with Gasteiger partial charge in [-0.25, -0.2) is 0 Å². The second-order valence-electron chi connectivity index (χ2n) is 2.91. The monoisotopic (exact) mass is 168 g/mol. The van der Waals surface area contributed by atoms with Crippen molar-refractivity contribution in [1.29, 1.82) is 0 Å². The molecule has 11 heavy (non-hydrogen) atoms. The maximum Gasteiger partial charge on any atom is 0.129 e. The zero-order valence-corrected chi connectivity index (χ0v) is 8.58. The summed E-state index contributed by atoms with van der Waals surface area (Å²) in [6.07, 6.45) is 4.60. The Kier molecular flexibility index (Phi) is 14.2. The molecule has 0 aliphatic carbocycles. The zero-order valence-electron chi connectivity index (χ0n) is 7.58. The van der Waals surface area contributed by atoms with Gasteiger partial charge in [0.2, 0.25) is 0 Å². The van der Waals surface area contributed by atoms with E-state index in [-0.39, 0.29) is 7.43 Å². The predicted molar refractivity (Wildman–Crippen MR) is 58.0 cm³/mol. The van der Waals surface area contributed by atoms with Crippen LogP contribution >= 0.6 is 0 Å². The van der Waals surface area contributed by atoms with Gasteiger partial charge in [0, 0.05) is 0 Å². The quantitative estimate of drug-likeness (QED) is 0.385. The third kappa shape index (κ3) is 45.1. The fourth-order valence-corrected chi connectivity index (χ4v) is 1.12. The van der Waals surface area contributed by atoms with Crippen LogP contribution in [-0.2, 0) is 0 Å². The van der Waals surface area contributed by atoms with Crippen LogP contribution in [0.2, 0.25) is 19.6 Å². The van der Waals surface area contributed by atoms with E-state index in [0.29, 0.717) is 0 Å².